The Morgan fingerprint density at radius 1 is 1.28 bits per heavy atom. The van der Waals surface area contributed by atoms with E-state index in [0.29, 0.717) is 11.1 Å². The lowest BCUT2D eigenvalue weighted by atomic mass is 10.1. The van der Waals surface area contributed by atoms with Gasteiger partial charge >= 0.3 is 0 Å². The second kappa shape index (κ2) is 6.31. The average Bonchev–Trinajstić information content (AvgIpc) is 2.85. The van der Waals surface area contributed by atoms with Crippen molar-refractivity contribution in [2.24, 2.45) is 0 Å². The molecule has 1 aromatic heterocycles. The van der Waals surface area contributed by atoms with Crippen LogP contribution in [0.5, 0.6) is 0 Å². The molecule has 0 spiro atoms. The molecule has 4 heteroatoms. The second-order valence-corrected chi connectivity index (χ2v) is 4.66. The van der Waals surface area contributed by atoms with E-state index in [2.05, 4.69) is 0 Å². The molecule has 2 rings (SSSR count). The molecule has 1 aromatic carbocycles. The summed E-state index contributed by atoms with van der Waals surface area (Å²) in [6.07, 6.45) is 0.730. The van der Waals surface area contributed by atoms with E-state index in [1.54, 1.807) is 37.6 Å². The highest BCUT2D eigenvalue weighted by Gasteiger charge is 2.14. The van der Waals surface area contributed by atoms with Crippen LogP contribution in [0.1, 0.15) is 34.6 Å². The smallest absolute Gasteiger partial charge is 0.254 e. The summed E-state index contributed by atoms with van der Waals surface area (Å²) in [6, 6.07) is 5.48. The monoisotopic (exact) mass is 263 g/mol. The van der Waals surface area contributed by atoms with E-state index in [4.69, 9.17) is 0 Å². The van der Waals surface area contributed by atoms with Crippen molar-refractivity contribution < 1.29 is 9.59 Å². The lowest BCUT2D eigenvalue weighted by molar-refractivity contribution is 0.0824. The molecule has 0 unspecified atom stereocenters. The molecule has 0 aliphatic carbocycles. The first kappa shape index (κ1) is 14.4. The Labute approximate surface area is 111 Å². The van der Waals surface area contributed by atoms with Gasteiger partial charge in [0.1, 0.15) is 0 Å². The van der Waals surface area contributed by atoms with Gasteiger partial charge in [0, 0.05) is 24.4 Å². The molecule has 0 bridgehead atoms. The number of aldehydes is 1. The maximum atomic E-state index is 11.9. The van der Waals surface area contributed by atoms with Crippen molar-refractivity contribution in [3.63, 3.8) is 0 Å². The van der Waals surface area contributed by atoms with Crippen LogP contribution in [-0.2, 0) is 0 Å². The van der Waals surface area contributed by atoms with Gasteiger partial charge in [0.25, 0.3) is 5.91 Å². The summed E-state index contributed by atoms with van der Waals surface area (Å²) in [7, 11) is 3.35. The Bertz CT molecular complexity index is 558. The van der Waals surface area contributed by atoms with Crippen LogP contribution in [0, 0.1) is 0 Å². The first-order valence-electron chi connectivity index (χ1n) is 5.81. The maximum Gasteiger partial charge on any atom is 0.254 e. The minimum atomic E-state index is -0.141. The summed E-state index contributed by atoms with van der Waals surface area (Å²) in [5.41, 5.74) is 0.916. The van der Waals surface area contributed by atoms with E-state index >= 15 is 0 Å². The van der Waals surface area contributed by atoms with Gasteiger partial charge in [-0.1, -0.05) is 13.8 Å². The highest BCUT2D eigenvalue weighted by Crippen LogP contribution is 2.24. The second-order valence-electron chi connectivity index (χ2n) is 3.72. The predicted molar refractivity (Wildman–Crippen MR) is 76.6 cm³/mol. The number of amides is 1. The van der Waals surface area contributed by atoms with Crippen LogP contribution in [0.3, 0.4) is 0 Å². The van der Waals surface area contributed by atoms with E-state index in [1.807, 2.05) is 25.3 Å². The van der Waals surface area contributed by atoms with E-state index in [-0.39, 0.29) is 5.91 Å². The third-order valence-electron chi connectivity index (χ3n) is 2.39. The van der Waals surface area contributed by atoms with E-state index < -0.39 is 0 Å². The van der Waals surface area contributed by atoms with Crippen molar-refractivity contribution in [1.29, 1.82) is 0 Å². The number of carbonyl (C=O) groups is 2. The highest BCUT2D eigenvalue weighted by atomic mass is 32.1. The van der Waals surface area contributed by atoms with Crippen LogP contribution in [0.2, 0.25) is 0 Å². The van der Waals surface area contributed by atoms with Crippen molar-refractivity contribution >= 4 is 33.6 Å². The Hall–Kier alpha value is -1.68. The number of hydrogen-bond acceptors (Lipinski definition) is 3. The van der Waals surface area contributed by atoms with Crippen LogP contribution < -0.4 is 0 Å². The summed E-state index contributed by atoms with van der Waals surface area (Å²) < 4.78 is 1.02. The van der Waals surface area contributed by atoms with Crippen molar-refractivity contribution in [3.8, 4) is 0 Å². The maximum absolute atomic E-state index is 11.9. The number of benzene rings is 1. The summed E-state index contributed by atoms with van der Waals surface area (Å²) in [5, 5.41) is 2.95. The van der Waals surface area contributed by atoms with Gasteiger partial charge in [-0.25, -0.2) is 0 Å². The first-order valence-corrected chi connectivity index (χ1v) is 6.69. The van der Waals surface area contributed by atoms with Gasteiger partial charge in [-0.15, -0.1) is 11.3 Å². The molecule has 0 radical (unpaired) electrons. The minimum absolute atomic E-state index is 0.141. The third-order valence-corrected chi connectivity index (χ3v) is 3.27. The number of nitrogens with zero attached hydrogens (tertiary/aromatic N) is 1. The zero-order valence-electron chi connectivity index (χ0n) is 11.1. The largest absolute Gasteiger partial charge is 0.345 e. The van der Waals surface area contributed by atoms with Crippen LogP contribution >= 0.6 is 11.3 Å². The quantitative estimate of drug-likeness (QED) is 0.778. The number of fused-ring (bicyclic) bond motifs is 1. The van der Waals surface area contributed by atoms with Crippen molar-refractivity contribution in [1.82, 2.24) is 4.90 Å². The standard InChI is InChI=1S/C12H11NO2S.C2H6/c1-13(2)12(15)10-6-11-8(3-4-16-11)5-9(10)7-14;1-2/h3-7H,1-2H3;1-2H3. The molecule has 0 atom stereocenters. The molecule has 2 aromatic rings. The SMILES string of the molecule is CC.CN(C)C(=O)c1cc2sccc2cc1C=O. The molecule has 1 heterocycles. The van der Waals surface area contributed by atoms with Gasteiger partial charge < -0.3 is 4.90 Å². The number of rotatable bonds is 2. The van der Waals surface area contributed by atoms with Crippen molar-refractivity contribution in [2.45, 2.75) is 13.8 Å². The number of carbonyl (C=O) groups excluding carboxylic acids is 2. The van der Waals surface area contributed by atoms with Crippen molar-refractivity contribution in [3.05, 3.63) is 34.7 Å². The molecule has 0 aliphatic rings. The fourth-order valence-electron chi connectivity index (χ4n) is 1.55. The zero-order valence-corrected chi connectivity index (χ0v) is 11.9. The molecule has 0 saturated heterocycles. The lowest BCUT2D eigenvalue weighted by Crippen LogP contribution is -2.22. The molecular formula is C14H17NO2S. The minimum Gasteiger partial charge on any atom is -0.345 e. The van der Waals surface area contributed by atoms with Crippen LogP contribution in [0.4, 0.5) is 0 Å². The third kappa shape index (κ3) is 2.76. The molecule has 0 N–H and O–H groups in total. The first-order chi connectivity index (χ1) is 8.63. The number of hydrogen-bond donors (Lipinski definition) is 0. The number of thiophene rings is 1. The van der Waals surface area contributed by atoms with E-state index in [9.17, 15) is 9.59 Å². The molecular weight excluding hydrogens is 246 g/mol. The van der Waals surface area contributed by atoms with Gasteiger partial charge in [0.15, 0.2) is 6.29 Å². The van der Waals surface area contributed by atoms with Crippen LogP contribution in [0.15, 0.2) is 23.6 Å². The molecule has 1 amide bonds. The Balaban J connectivity index is 0.000000771. The summed E-state index contributed by atoms with van der Waals surface area (Å²) in [4.78, 5) is 24.3. The topological polar surface area (TPSA) is 37.4 Å². The van der Waals surface area contributed by atoms with Crippen LogP contribution in [0.25, 0.3) is 10.1 Å². The average molecular weight is 263 g/mol. The van der Waals surface area contributed by atoms with E-state index in [1.165, 1.54) is 4.90 Å². The highest BCUT2D eigenvalue weighted by molar-refractivity contribution is 7.17. The molecule has 0 saturated carbocycles. The van der Waals surface area contributed by atoms with Crippen LogP contribution in [-0.4, -0.2) is 31.2 Å². The van der Waals surface area contributed by atoms with Gasteiger partial charge in [0.05, 0.1) is 5.56 Å². The summed E-state index contributed by atoms with van der Waals surface area (Å²) in [5.74, 6) is -0.141. The Morgan fingerprint density at radius 2 is 1.94 bits per heavy atom. The lowest BCUT2D eigenvalue weighted by Gasteiger charge is -2.11. The van der Waals surface area contributed by atoms with Gasteiger partial charge in [-0.3, -0.25) is 9.59 Å². The van der Waals surface area contributed by atoms with E-state index in [0.717, 1.165) is 16.4 Å². The summed E-state index contributed by atoms with van der Waals surface area (Å²) >= 11 is 1.56. The molecule has 0 aliphatic heterocycles. The molecule has 0 fully saturated rings. The molecule has 18 heavy (non-hydrogen) atoms. The summed E-state index contributed by atoms with van der Waals surface area (Å²) in [6.45, 7) is 4.00. The molecule has 3 nitrogen and oxygen atoms in total. The van der Waals surface area contributed by atoms with Gasteiger partial charge in [-0.2, -0.15) is 0 Å². The Morgan fingerprint density at radius 3 is 2.50 bits per heavy atom. The fraction of sp³-hybridized carbons (Fsp3) is 0.286. The zero-order chi connectivity index (χ0) is 13.7. The fourth-order valence-corrected chi connectivity index (χ4v) is 2.36. The normalized spacial score (nSPS) is 9.56. The predicted octanol–water partition coefficient (Wildman–Crippen LogP) is 3.44. The Kier molecular flexibility index (Phi) is 5.04. The van der Waals surface area contributed by atoms with Gasteiger partial charge in [0.2, 0.25) is 0 Å². The van der Waals surface area contributed by atoms with Crippen molar-refractivity contribution in [2.75, 3.05) is 14.1 Å². The molecule has 96 valence electrons. The van der Waals surface area contributed by atoms with Gasteiger partial charge in [-0.05, 0) is 29.0 Å².